The Kier molecular flexibility index (Phi) is 5.49. The highest BCUT2D eigenvalue weighted by Gasteiger charge is 2.38. The van der Waals surface area contributed by atoms with E-state index in [1.807, 2.05) is 6.92 Å². The molecule has 1 aliphatic rings. The molecule has 0 aromatic carbocycles. The van der Waals surface area contributed by atoms with E-state index in [1.165, 1.54) is 12.8 Å². The van der Waals surface area contributed by atoms with Crippen LogP contribution in [0.15, 0.2) is 4.52 Å². The molecule has 0 bridgehead atoms. The van der Waals surface area contributed by atoms with Gasteiger partial charge in [-0.05, 0) is 25.8 Å². The molecule has 1 aliphatic carbocycles. The number of carboxylic acid groups (broad SMARTS) is 1. The molecule has 114 valence electrons. The van der Waals surface area contributed by atoms with Crippen LogP contribution in [0.4, 0.5) is 13.2 Å². The Morgan fingerprint density at radius 3 is 2.40 bits per heavy atom. The van der Waals surface area contributed by atoms with Gasteiger partial charge in [0.25, 0.3) is 0 Å². The van der Waals surface area contributed by atoms with Gasteiger partial charge in [0, 0.05) is 13.5 Å². The van der Waals surface area contributed by atoms with E-state index in [1.54, 1.807) is 0 Å². The quantitative estimate of drug-likeness (QED) is 0.913. The molecular formula is C11H16F3N3O3. The van der Waals surface area contributed by atoms with Gasteiger partial charge >= 0.3 is 12.1 Å². The molecule has 0 unspecified atom stereocenters. The topological polar surface area (TPSA) is 79.5 Å². The van der Waals surface area contributed by atoms with Crippen LogP contribution in [-0.2, 0) is 11.3 Å². The van der Waals surface area contributed by atoms with Gasteiger partial charge in [-0.3, -0.25) is 4.90 Å². The minimum atomic E-state index is -5.08. The van der Waals surface area contributed by atoms with Crippen molar-refractivity contribution in [1.29, 1.82) is 0 Å². The van der Waals surface area contributed by atoms with Gasteiger partial charge in [0.1, 0.15) is 0 Å². The molecule has 0 amide bonds. The molecule has 1 N–H and O–H groups in total. The summed E-state index contributed by atoms with van der Waals surface area (Å²) in [5.41, 5.74) is 0. The Morgan fingerprint density at radius 1 is 1.50 bits per heavy atom. The van der Waals surface area contributed by atoms with E-state index in [0.29, 0.717) is 5.89 Å². The SMILES string of the molecule is Cc1nc(CN(C)CC2CC2)no1.O=C(O)C(F)(F)F. The van der Waals surface area contributed by atoms with Crippen LogP contribution in [-0.4, -0.2) is 45.9 Å². The van der Waals surface area contributed by atoms with E-state index in [0.717, 1.165) is 24.8 Å². The van der Waals surface area contributed by atoms with Crippen LogP contribution in [0, 0.1) is 12.8 Å². The van der Waals surface area contributed by atoms with E-state index in [2.05, 4.69) is 22.1 Å². The van der Waals surface area contributed by atoms with Crippen molar-refractivity contribution < 1.29 is 27.6 Å². The number of rotatable bonds is 4. The van der Waals surface area contributed by atoms with Gasteiger partial charge in [-0.15, -0.1) is 0 Å². The molecule has 0 atom stereocenters. The zero-order chi connectivity index (χ0) is 15.3. The minimum Gasteiger partial charge on any atom is -0.475 e. The third-order valence-electron chi connectivity index (χ3n) is 2.49. The lowest BCUT2D eigenvalue weighted by Gasteiger charge is -2.12. The summed E-state index contributed by atoms with van der Waals surface area (Å²) in [5.74, 6) is -0.402. The summed E-state index contributed by atoms with van der Waals surface area (Å²) in [7, 11) is 2.10. The Labute approximate surface area is 113 Å². The second-order valence-electron chi connectivity index (χ2n) is 4.67. The average molecular weight is 295 g/mol. The maximum Gasteiger partial charge on any atom is 0.490 e. The summed E-state index contributed by atoms with van der Waals surface area (Å²) < 4.78 is 36.6. The van der Waals surface area contributed by atoms with Crippen molar-refractivity contribution in [2.45, 2.75) is 32.5 Å². The monoisotopic (exact) mass is 295 g/mol. The zero-order valence-corrected chi connectivity index (χ0v) is 11.1. The molecule has 1 aromatic rings. The predicted octanol–water partition coefficient (Wildman–Crippen LogP) is 1.85. The molecular weight excluding hydrogens is 279 g/mol. The number of alkyl halides is 3. The summed E-state index contributed by atoms with van der Waals surface area (Å²) in [6, 6.07) is 0. The van der Waals surface area contributed by atoms with Gasteiger partial charge in [0.2, 0.25) is 5.89 Å². The third-order valence-corrected chi connectivity index (χ3v) is 2.49. The highest BCUT2D eigenvalue weighted by Crippen LogP contribution is 2.29. The summed E-state index contributed by atoms with van der Waals surface area (Å²) in [6.07, 6.45) is -2.31. The number of carboxylic acids is 1. The van der Waals surface area contributed by atoms with Crippen molar-refractivity contribution in [3.05, 3.63) is 11.7 Å². The van der Waals surface area contributed by atoms with Gasteiger partial charge in [-0.25, -0.2) is 4.79 Å². The van der Waals surface area contributed by atoms with Crippen LogP contribution in [0.25, 0.3) is 0 Å². The summed E-state index contributed by atoms with van der Waals surface area (Å²) in [6.45, 7) is 3.78. The molecule has 0 radical (unpaired) electrons. The largest absolute Gasteiger partial charge is 0.490 e. The molecule has 0 saturated heterocycles. The smallest absolute Gasteiger partial charge is 0.475 e. The number of nitrogens with zero attached hydrogens (tertiary/aromatic N) is 3. The first-order chi connectivity index (χ1) is 9.18. The maximum absolute atomic E-state index is 10.6. The first kappa shape index (κ1) is 16.4. The molecule has 9 heteroatoms. The molecule has 20 heavy (non-hydrogen) atoms. The van der Waals surface area contributed by atoms with Crippen molar-refractivity contribution in [2.75, 3.05) is 13.6 Å². The second kappa shape index (κ2) is 6.69. The standard InChI is InChI=1S/C9H15N3O.C2HF3O2/c1-7-10-9(11-13-7)6-12(2)5-8-3-4-8;3-2(4,5)1(6)7/h8H,3-6H2,1-2H3;(H,6,7). The lowest BCUT2D eigenvalue weighted by Crippen LogP contribution is -2.21. The van der Waals surface area contributed by atoms with Gasteiger partial charge in [-0.1, -0.05) is 5.16 Å². The Balaban J connectivity index is 0.000000246. The van der Waals surface area contributed by atoms with Crippen LogP contribution < -0.4 is 0 Å². The van der Waals surface area contributed by atoms with Crippen LogP contribution >= 0.6 is 0 Å². The Hall–Kier alpha value is -1.64. The van der Waals surface area contributed by atoms with Crippen molar-refractivity contribution in [3.63, 3.8) is 0 Å². The van der Waals surface area contributed by atoms with Crippen molar-refractivity contribution in [1.82, 2.24) is 15.0 Å². The van der Waals surface area contributed by atoms with Gasteiger partial charge in [-0.2, -0.15) is 18.2 Å². The van der Waals surface area contributed by atoms with E-state index >= 15 is 0 Å². The first-order valence-electron chi connectivity index (χ1n) is 5.96. The number of aromatic nitrogens is 2. The molecule has 1 heterocycles. The summed E-state index contributed by atoms with van der Waals surface area (Å²) in [4.78, 5) is 15.3. The fourth-order valence-corrected chi connectivity index (χ4v) is 1.45. The number of carbonyl (C=O) groups is 1. The molecule has 2 rings (SSSR count). The Bertz CT molecular complexity index is 444. The van der Waals surface area contributed by atoms with E-state index in [4.69, 9.17) is 14.4 Å². The highest BCUT2D eigenvalue weighted by molar-refractivity contribution is 5.73. The predicted molar refractivity (Wildman–Crippen MR) is 61.8 cm³/mol. The van der Waals surface area contributed by atoms with Crippen LogP contribution in [0.1, 0.15) is 24.6 Å². The normalized spacial score (nSPS) is 14.9. The van der Waals surface area contributed by atoms with Crippen molar-refractivity contribution in [2.24, 2.45) is 5.92 Å². The van der Waals surface area contributed by atoms with E-state index < -0.39 is 12.1 Å². The first-order valence-corrected chi connectivity index (χ1v) is 5.96. The second-order valence-corrected chi connectivity index (χ2v) is 4.67. The average Bonchev–Trinajstić information content (AvgIpc) is 3.00. The van der Waals surface area contributed by atoms with Crippen molar-refractivity contribution in [3.8, 4) is 0 Å². The zero-order valence-electron chi connectivity index (χ0n) is 11.1. The molecule has 0 spiro atoms. The lowest BCUT2D eigenvalue weighted by molar-refractivity contribution is -0.192. The summed E-state index contributed by atoms with van der Waals surface area (Å²) in [5, 5.41) is 11.0. The molecule has 1 fully saturated rings. The van der Waals surface area contributed by atoms with Gasteiger partial charge in [0.15, 0.2) is 5.82 Å². The summed E-state index contributed by atoms with van der Waals surface area (Å²) >= 11 is 0. The lowest BCUT2D eigenvalue weighted by atomic mass is 10.4. The van der Waals surface area contributed by atoms with Gasteiger partial charge in [0.05, 0.1) is 6.54 Å². The molecule has 1 saturated carbocycles. The van der Waals surface area contributed by atoms with Crippen LogP contribution in [0.3, 0.4) is 0 Å². The molecule has 6 nitrogen and oxygen atoms in total. The number of hydrogen-bond donors (Lipinski definition) is 1. The Morgan fingerprint density at radius 2 is 2.05 bits per heavy atom. The number of aryl methyl sites for hydroxylation is 1. The minimum absolute atomic E-state index is 0.648. The fourth-order valence-electron chi connectivity index (χ4n) is 1.45. The highest BCUT2D eigenvalue weighted by atomic mass is 19.4. The molecule has 0 aliphatic heterocycles. The number of hydrogen-bond acceptors (Lipinski definition) is 5. The number of halogens is 3. The molecule has 1 aromatic heterocycles. The van der Waals surface area contributed by atoms with Crippen LogP contribution in [0.2, 0.25) is 0 Å². The van der Waals surface area contributed by atoms with Crippen molar-refractivity contribution >= 4 is 5.97 Å². The maximum atomic E-state index is 10.6. The van der Waals surface area contributed by atoms with Gasteiger partial charge < -0.3 is 9.63 Å². The number of aliphatic carboxylic acids is 1. The van der Waals surface area contributed by atoms with Crippen LogP contribution in [0.5, 0.6) is 0 Å². The van der Waals surface area contributed by atoms with E-state index in [9.17, 15) is 13.2 Å². The third kappa shape index (κ3) is 6.50. The van der Waals surface area contributed by atoms with E-state index in [-0.39, 0.29) is 0 Å². The fraction of sp³-hybridized carbons (Fsp3) is 0.727.